The van der Waals surface area contributed by atoms with Gasteiger partial charge in [-0.05, 0) is 39.3 Å². The largest absolute Gasteiger partial charge is 0.465 e. The molecule has 0 spiro atoms. The van der Waals surface area contributed by atoms with E-state index in [0.717, 1.165) is 5.56 Å². The molecule has 0 amide bonds. The summed E-state index contributed by atoms with van der Waals surface area (Å²) in [7, 11) is -3.82. The SMILES string of the molecule is CCOC(=O)C1(C(=O)OCC)C[C@H]1S(=O)(=O)c1ccc(C)cc1. The molecule has 1 aromatic rings. The molecule has 0 heterocycles. The van der Waals surface area contributed by atoms with Crippen LogP contribution in [0, 0.1) is 12.3 Å². The summed E-state index contributed by atoms with van der Waals surface area (Å²) in [5.74, 6) is -1.67. The average Bonchev–Trinajstić information content (AvgIpc) is 3.26. The maximum absolute atomic E-state index is 12.7. The highest BCUT2D eigenvalue weighted by Crippen LogP contribution is 2.54. The van der Waals surface area contributed by atoms with Gasteiger partial charge in [-0.15, -0.1) is 0 Å². The molecule has 0 radical (unpaired) electrons. The Balaban J connectivity index is 2.37. The van der Waals surface area contributed by atoms with Crippen LogP contribution in [0.25, 0.3) is 0 Å². The summed E-state index contributed by atoms with van der Waals surface area (Å²) in [6.07, 6.45) is -0.110. The van der Waals surface area contributed by atoms with E-state index in [1.54, 1.807) is 26.0 Å². The van der Waals surface area contributed by atoms with E-state index >= 15 is 0 Å². The minimum Gasteiger partial charge on any atom is -0.465 e. The van der Waals surface area contributed by atoms with Gasteiger partial charge in [0, 0.05) is 0 Å². The third-order valence-corrected chi connectivity index (χ3v) is 6.15. The standard InChI is InChI=1S/C16H20O6S/c1-4-21-14(17)16(15(18)22-5-2)10-13(16)23(19,20)12-8-6-11(3)7-9-12/h6-9,13H,4-5,10H2,1-3H3/t13-/m1/s1. The lowest BCUT2D eigenvalue weighted by molar-refractivity contribution is -0.163. The van der Waals surface area contributed by atoms with Gasteiger partial charge in [-0.3, -0.25) is 9.59 Å². The highest BCUT2D eigenvalue weighted by molar-refractivity contribution is 7.92. The molecule has 0 aliphatic heterocycles. The van der Waals surface area contributed by atoms with E-state index < -0.39 is 32.4 Å². The molecule has 0 saturated heterocycles. The fourth-order valence-electron chi connectivity index (χ4n) is 2.53. The number of benzene rings is 1. The van der Waals surface area contributed by atoms with E-state index in [2.05, 4.69) is 0 Å². The molecule has 1 atom stereocenters. The summed E-state index contributed by atoms with van der Waals surface area (Å²) in [4.78, 5) is 24.5. The lowest BCUT2D eigenvalue weighted by atomic mass is 10.1. The molecule has 1 aromatic carbocycles. The molecular weight excluding hydrogens is 320 g/mol. The fraction of sp³-hybridized carbons (Fsp3) is 0.500. The second kappa shape index (κ2) is 6.31. The number of rotatable bonds is 6. The Bertz CT molecular complexity index is 687. The number of sulfone groups is 1. The van der Waals surface area contributed by atoms with Crippen molar-refractivity contribution in [2.45, 2.75) is 37.3 Å². The minimum atomic E-state index is -3.82. The van der Waals surface area contributed by atoms with E-state index in [9.17, 15) is 18.0 Å². The van der Waals surface area contributed by atoms with Gasteiger partial charge >= 0.3 is 11.9 Å². The molecule has 0 aromatic heterocycles. The Morgan fingerprint density at radius 3 is 2.00 bits per heavy atom. The Labute approximate surface area is 135 Å². The van der Waals surface area contributed by atoms with Gasteiger partial charge in [0.15, 0.2) is 15.3 Å². The van der Waals surface area contributed by atoms with Gasteiger partial charge in [0.05, 0.1) is 23.4 Å². The lowest BCUT2D eigenvalue weighted by Gasteiger charge is -2.15. The van der Waals surface area contributed by atoms with Crippen molar-refractivity contribution in [3.05, 3.63) is 29.8 Å². The van der Waals surface area contributed by atoms with Crippen LogP contribution in [0.3, 0.4) is 0 Å². The molecule has 0 unspecified atom stereocenters. The summed E-state index contributed by atoms with van der Waals surface area (Å²) >= 11 is 0. The number of carbonyl (C=O) groups excluding carboxylic acids is 2. The van der Waals surface area contributed by atoms with Gasteiger partial charge in [-0.2, -0.15) is 0 Å². The van der Waals surface area contributed by atoms with Gasteiger partial charge in [0.2, 0.25) is 0 Å². The lowest BCUT2D eigenvalue weighted by Crippen LogP contribution is -2.35. The fourth-order valence-corrected chi connectivity index (χ4v) is 4.58. The monoisotopic (exact) mass is 340 g/mol. The summed E-state index contributed by atoms with van der Waals surface area (Å²) in [6, 6.07) is 6.30. The zero-order chi connectivity index (χ0) is 17.3. The molecule has 0 bridgehead atoms. The maximum atomic E-state index is 12.7. The second-order valence-corrected chi connectivity index (χ2v) is 7.59. The van der Waals surface area contributed by atoms with Crippen LogP contribution in [0.2, 0.25) is 0 Å². The predicted molar refractivity (Wildman–Crippen MR) is 82.5 cm³/mol. The summed E-state index contributed by atoms with van der Waals surface area (Å²) in [5.41, 5.74) is -0.822. The predicted octanol–water partition coefficient (Wildman–Crippen LogP) is 1.65. The van der Waals surface area contributed by atoms with Crippen molar-refractivity contribution >= 4 is 21.8 Å². The van der Waals surface area contributed by atoms with Gasteiger partial charge < -0.3 is 9.47 Å². The van der Waals surface area contributed by atoms with Crippen molar-refractivity contribution in [2.75, 3.05) is 13.2 Å². The van der Waals surface area contributed by atoms with Gasteiger partial charge in [0.1, 0.15) is 0 Å². The van der Waals surface area contributed by atoms with Crippen molar-refractivity contribution in [1.82, 2.24) is 0 Å². The first-order chi connectivity index (χ1) is 10.8. The van der Waals surface area contributed by atoms with Crippen LogP contribution in [-0.4, -0.2) is 38.8 Å². The van der Waals surface area contributed by atoms with Gasteiger partial charge in [-0.25, -0.2) is 8.42 Å². The molecular formula is C16H20O6S. The zero-order valence-electron chi connectivity index (χ0n) is 13.4. The molecule has 2 rings (SSSR count). The van der Waals surface area contributed by atoms with Gasteiger partial charge in [0.25, 0.3) is 0 Å². The third kappa shape index (κ3) is 2.97. The molecule has 0 N–H and O–H groups in total. The van der Waals surface area contributed by atoms with E-state index in [4.69, 9.17) is 9.47 Å². The third-order valence-electron chi connectivity index (χ3n) is 3.90. The molecule has 23 heavy (non-hydrogen) atoms. The number of hydrogen-bond donors (Lipinski definition) is 0. The Kier molecular flexibility index (Phi) is 4.79. The van der Waals surface area contributed by atoms with Crippen molar-refractivity contribution in [1.29, 1.82) is 0 Å². The van der Waals surface area contributed by atoms with Crippen LogP contribution < -0.4 is 0 Å². The molecule has 1 aliphatic rings. The minimum absolute atomic E-state index is 0.0668. The Hall–Kier alpha value is -1.89. The quantitative estimate of drug-likeness (QED) is 0.578. The normalized spacial score (nSPS) is 19.0. The molecule has 1 fully saturated rings. The van der Waals surface area contributed by atoms with Crippen molar-refractivity contribution < 1.29 is 27.5 Å². The summed E-state index contributed by atoms with van der Waals surface area (Å²) in [6.45, 7) is 5.18. The van der Waals surface area contributed by atoms with Crippen molar-refractivity contribution in [3.8, 4) is 0 Å². The van der Waals surface area contributed by atoms with Crippen molar-refractivity contribution in [2.24, 2.45) is 5.41 Å². The first-order valence-corrected chi connectivity index (χ1v) is 9.00. The van der Waals surface area contributed by atoms with Crippen LogP contribution in [0.1, 0.15) is 25.8 Å². The molecule has 126 valence electrons. The number of hydrogen-bond acceptors (Lipinski definition) is 6. The maximum Gasteiger partial charge on any atom is 0.324 e. The van der Waals surface area contributed by atoms with E-state index in [-0.39, 0.29) is 24.5 Å². The summed E-state index contributed by atoms with van der Waals surface area (Å²) in [5, 5.41) is -1.14. The topological polar surface area (TPSA) is 86.7 Å². The highest BCUT2D eigenvalue weighted by atomic mass is 32.2. The van der Waals surface area contributed by atoms with E-state index in [1.807, 2.05) is 6.92 Å². The highest BCUT2D eigenvalue weighted by Gasteiger charge is 2.73. The number of aryl methyl sites for hydroxylation is 1. The van der Waals surface area contributed by atoms with Crippen LogP contribution in [0.15, 0.2) is 29.2 Å². The van der Waals surface area contributed by atoms with E-state index in [1.165, 1.54) is 12.1 Å². The van der Waals surface area contributed by atoms with Crippen LogP contribution in [-0.2, 0) is 28.9 Å². The Morgan fingerprint density at radius 2 is 1.57 bits per heavy atom. The average molecular weight is 340 g/mol. The smallest absolute Gasteiger partial charge is 0.324 e. The van der Waals surface area contributed by atoms with Gasteiger partial charge in [-0.1, -0.05) is 17.7 Å². The second-order valence-electron chi connectivity index (χ2n) is 5.46. The first-order valence-electron chi connectivity index (χ1n) is 7.45. The van der Waals surface area contributed by atoms with Crippen LogP contribution >= 0.6 is 0 Å². The van der Waals surface area contributed by atoms with Crippen molar-refractivity contribution in [3.63, 3.8) is 0 Å². The number of esters is 2. The first kappa shape index (κ1) is 17.5. The van der Waals surface area contributed by atoms with Crippen LogP contribution in [0.4, 0.5) is 0 Å². The molecule has 1 saturated carbocycles. The zero-order valence-corrected chi connectivity index (χ0v) is 14.2. The Morgan fingerprint density at radius 1 is 1.09 bits per heavy atom. The van der Waals surface area contributed by atoms with Crippen LogP contribution in [0.5, 0.6) is 0 Å². The number of carbonyl (C=O) groups is 2. The summed E-state index contributed by atoms with van der Waals surface area (Å²) < 4.78 is 35.3. The molecule has 1 aliphatic carbocycles. The van der Waals surface area contributed by atoms with E-state index in [0.29, 0.717) is 0 Å². The molecule has 6 nitrogen and oxygen atoms in total. The number of ether oxygens (including phenoxy) is 2. The molecule has 7 heteroatoms.